The summed E-state index contributed by atoms with van der Waals surface area (Å²) in [5.74, 6) is 0.902. The molecule has 0 radical (unpaired) electrons. The summed E-state index contributed by atoms with van der Waals surface area (Å²) in [6.07, 6.45) is 0.849. The maximum Gasteiger partial charge on any atom is 0.131 e. The van der Waals surface area contributed by atoms with Crippen LogP contribution in [0.25, 0.3) is 10.8 Å². The molecular formula is C13H13Cl2NO. The quantitative estimate of drug-likeness (QED) is 0.792. The van der Waals surface area contributed by atoms with Crippen LogP contribution in [-0.4, -0.2) is 6.61 Å². The Kier molecular flexibility index (Phi) is 3.48. The lowest BCUT2D eigenvalue weighted by Crippen LogP contribution is -2.20. The summed E-state index contributed by atoms with van der Waals surface area (Å²) >= 11 is 6.25. The van der Waals surface area contributed by atoms with Crippen molar-refractivity contribution < 1.29 is 4.74 Å². The Morgan fingerprint density at radius 1 is 1.24 bits per heavy atom. The van der Waals surface area contributed by atoms with Gasteiger partial charge in [-0.05, 0) is 6.07 Å². The van der Waals surface area contributed by atoms with Gasteiger partial charge in [0.1, 0.15) is 5.75 Å². The first kappa shape index (κ1) is 12.5. The van der Waals surface area contributed by atoms with Gasteiger partial charge in [0.25, 0.3) is 0 Å². The van der Waals surface area contributed by atoms with Crippen molar-refractivity contribution in [2.24, 2.45) is 5.73 Å². The molecule has 2 N–H and O–H groups in total. The van der Waals surface area contributed by atoms with Crippen LogP contribution in [-0.2, 0) is 0 Å². The number of halogens is 2. The van der Waals surface area contributed by atoms with Gasteiger partial charge in [0.05, 0.1) is 6.61 Å². The monoisotopic (exact) mass is 269 g/mol. The number of hydrogen-bond donors (Lipinski definition) is 1. The molecule has 2 nitrogen and oxygen atoms in total. The van der Waals surface area contributed by atoms with Crippen LogP contribution in [0.4, 0.5) is 0 Å². The molecule has 4 heteroatoms. The third-order valence-corrected chi connectivity index (χ3v) is 3.36. The summed E-state index contributed by atoms with van der Waals surface area (Å²) in [5, 5.41) is 2.83. The zero-order chi connectivity index (χ0) is 11.1. The highest BCUT2D eigenvalue weighted by atomic mass is 35.5. The Balaban J connectivity index is 0.00000108. The first-order valence-corrected chi connectivity index (χ1v) is 5.74. The van der Waals surface area contributed by atoms with Gasteiger partial charge in [-0.15, -0.1) is 12.4 Å². The number of benzene rings is 2. The van der Waals surface area contributed by atoms with Crippen molar-refractivity contribution in [1.29, 1.82) is 0 Å². The maximum atomic E-state index is 6.25. The fourth-order valence-corrected chi connectivity index (χ4v) is 2.49. The molecule has 0 bridgehead atoms. The minimum atomic E-state index is 0. The zero-order valence-electron chi connectivity index (χ0n) is 9.15. The van der Waals surface area contributed by atoms with Gasteiger partial charge in [0.15, 0.2) is 0 Å². The number of fused-ring (bicyclic) bond motifs is 3. The highest BCUT2D eigenvalue weighted by Gasteiger charge is 2.21. The van der Waals surface area contributed by atoms with Crippen LogP contribution < -0.4 is 10.5 Å². The van der Waals surface area contributed by atoms with Gasteiger partial charge < -0.3 is 10.5 Å². The standard InChI is InChI=1S/C13H12ClNO.ClH/c14-11-7-10-12(15)5-6-16-13(10)9-4-2-1-3-8(9)11;/h1-4,7,12H,5-6,15H2;1H/t12-;/m1./s1. The molecule has 1 aliphatic rings. The van der Waals surface area contributed by atoms with Crippen molar-refractivity contribution >= 4 is 34.8 Å². The van der Waals surface area contributed by atoms with E-state index in [0.29, 0.717) is 6.61 Å². The van der Waals surface area contributed by atoms with Crippen LogP contribution in [0.5, 0.6) is 5.75 Å². The van der Waals surface area contributed by atoms with Crippen LogP contribution >= 0.6 is 24.0 Å². The Labute approximate surface area is 111 Å². The fourth-order valence-electron chi connectivity index (χ4n) is 2.20. The molecule has 1 atom stereocenters. The fraction of sp³-hybridized carbons (Fsp3) is 0.231. The van der Waals surface area contributed by atoms with E-state index in [1.54, 1.807) is 0 Å². The average molecular weight is 270 g/mol. The number of hydrogen-bond acceptors (Lipinski definition) is 2. The van der Waals surface area contributed by atoms with E-state index in [2.05, 4.69) is 0 Å². The second-order valence-electron chi connectivity index (χ2n) is 4.07. The largest absolute Gasteiger partial charge is 0.493 e. The first-order chi connectivity index (χ1) is 7.77. The van der Waals surface area contributed by atoms with E-state index < -0.39 is 0 Å². The third-order valence-electron chi connectivity index (χ3n) is 3.05. The van der Waals surface area contributed by atoms with E-state index in [1.807, 2.05) is 30.3 Å². The lowest BCUT2D eigenvalue weighted by molar-refractivity contribution is 0.272. The van der Waals surface area contributed by atoms with Crippen molar-refractivity contribution in [3.8, 4) is 5.75 Å². The number of ether oxygens (including phenoxy) is 1. The average Bonchev–Trinajstić information content (AvgIpc) is 2.31. The summed E-state index contributed by atoms with van der Waals surface area (Å²) in [6.45, 7) is 0.680. The van der Waals surface area contributed by atoms with Crippen molar-refractivity contribution in [2.75, 3.05) is 6.61 Å². The van der Waals surface area contributed by atoms with Crippen molar-refractivity contribution in [1.82, 2.24) is 0 Å². The van der Waals surface area contributed by atoms with Gasteiger partial charge in [-0.3, -0.25) is 0 Å². The second-order valence-corrected chi connectivity index (χ2v) is 4.47. The van der Waals surface area contributed by atoms with Gasteiger partial charge in [-0.1, -0.05) is 35.9 Å². The predicted molar refractivity (Wildman–Crippen MR) is 73.2 cm³/mol. The molecule has 0 aliphatic carbocycles. The van der Waals surface area contributed by atoms with Gasteiger partial charge in [0, 0.05) is 33.8 Å². The van der Waals surface area contributed by atoms with Crippen molar-refractivity contribution in [3.63, 3.8) is 0 Å². The molecule has 0 fully saturated rings. The lowest BCUT2D eigenvalue weighted by Gasteiger charge is -2.24. The van der Waals surface area contributed by atoms with E-state index in [1.165, 1.54) is 0 Å². The SMILES string of the molecule is Cl.N[C@@H]1CCOc2c1cc(Cl)c1ccccc21. The van der Waals surface area contributed by atoms with Crippen LogP contribution in [0, 0.1) is 0 Å². The van der Waals surface area contributed by atoms with Crippen molar-refractivity contribution in [2.45, 2.75) is 12.5 Å². The maximum absolute atomic E-state index is 6.25. The van der Waals surface area contributed by atoms with Gasteiger partial charge in [0.2, 0.25) is 0 Å². The molecule has 3 rings (SSSR count). The van der Waals surface area contributed by atoms with Crippen molar-refractivity contribution in [3.05, 3.63) is 40.9 Å². The van der Waals surface area contributed by atoms with Crippen LogP contribution in [0.15, 0.2) is 30.3 Å². The highest BCUT2D eigenvalue weighted by Crippen LogP contribution is 2.40. The van der Waals surface area contributed by atoms with E-state index in [0.717, 1.165) is 33.5 Å². The molecule has 1 heterocycles. The normalized spacial score (nSPS) is 18.1. The Hall–Kier alpha value is -0.960. The molecule has 0 amide bonds. The van der Waals surface area contributed by atoms with E-state index in [4.69, 9.17) is 22.1 Å². The summed E-state index contributed by atoms with van der Waals surface area (Å²) in [6, 6.07) is 9.96. The topological polar surface area (TPSA) is 35.2 Å². The molecular weight excluding hydrogens is 257 g/mol. The van der Waals surface area contributed by atoms with Gasteiger partial charge in [-0.2, -0.15) is 0 Å². The third kappa shape index (κ3) is 1.97. The molecule has 0 aromatic heterocycles. The molecule has 0 unspecified atom stereocenters. The molecule has 0 saturated heterocycles. The minimum Gasteiger partial charge on any atom is -0.493 e. The van der Waals surface area contributed by atoms with E-state index in [-0.39, 0.29) is 18.4 Å². The predicted octanol–water partition coefficient (Wildman–Crippen LogP) is 3.70. The van der Waals surface area contributed by atoms with Crippen LogP contribution in [0.3, 0.4) is 0 Å². The summed E-state index contributed by atoms with van der Waals surface area (Å²) in [7, 11) is 0. The molecule has 2 aromatic rings. The molecule has 17 heavy (non-hydrogen) atoms. The Bertz CT molecular complexity index is 556. The molecule has 1 aliphatic heterocycles. The highest BCUT2D eigenvalue weighted by molar-refractivity contribution is 6.36. The lowest BCUT2D eigenvalue weighted by atomic mass is 9.97. The Morgan fingerprint density at radius 3 is 2.71 bits per heavy atom. The number of nitrogens with two attached hydrogens (primary N) is 1. The molecule has 0 spiro atoms. The first-order valence-electron chi connectivity index (χ1n) is 5.37. The summed E-state index contributed by atoms with van der Waals surface area (Å²) in [4.78, 5) is 0. The molecule has 0 saturated carbocycles. The molecule has 90 valence electrons. The smallest absolute Gasteiger partial charge is 0.131 e. The number of rotatable bonds is 0. The summed E-state index contributed by atoms with van der Waals surface area (Å²) < 4.78 is 5.72. The van der Waals surface area contributed by atoms with E-state index in [9.17, 15) is 0 Å². The van der Waals surface area contributed by atoms with Gasteiger partial charge >= 0.3 is 0 Å². The van der Waals surface area contributed by atoms with Crippen LogP contribution in [0.1, 0.15) is 18.0 Å². The zero-order valence-corrected chi connectivity index (χ0v) is 10.7. The minimum absolute atomic E-state index is 0. The molecule has 2 aromatic carbocycles. The van der Waals surface area contributed by atoms with Gasteiger partial charge in [-0.25, -0.2) is 0 Å². The Morgan fingerprint density at radius 2 is 1.94 bits per heavy atom. The second kappa shape index (κ2) is 4.73. The summed E-state index contributed by atoms with van der Waals surface area (Å²) in [5.41, 5.74) is 7.09. The van der Waals surface area contributed by atoms with Crippen LogP contribution in [0.2, 0.25) is 5.02 Å². The van der Waals surface area contributed by atoms with E-state index >= 15 is 0 Å².